The van der Waals surface area contributed by atoms with Crippen molar-refractivity contribution in [2.24, 2.45) is 0 Å². The van der Waals surface area contributed by atoms with Gasteiger partial charge in [-0.15, -0.1) is 0 Å². The zero-order valence-corrected chi connectivity index (χ0v) is 10.2. The van der Waals surface area contributed by atoms with Gasteiger partial charge < -0.3 is 19.0 Å². The Balaban J connectivity index is 1.74. The van der Waals surface area contributed by atoms with Gasteiger partial charge in [-0.3, -0.25) is 0 Å². The molecule has 4 nitrogen and oxygen atoms in total. The van der Waals surface area contributed by atoms with Gasteiger partial charge in [0.25, 0.3) is 0 Å². The quantitative estimate of drug-likeness (QED) is 0.859. The molecule has 2 rings (SSSR count). The molecule has 17 heavy (non-hydrogen) atoms. The Morgan fingerprint density at radius 2 is 2.41 bits per heavy atom. The average Bonchev–Trinajstić information content (AvgIpc) is 2.83. The zero-order valence-electron chi connectivity index (χ0n) is 10.2. The molecule has 1 aliphatic heterocycles. The van der Waals surface area contributed by atoms with Crippen molar-refractivity contribution in [3.05, 3.63) is 24.2 Å². The molecule has 3 atom stereocenters. The molecule has 0 aliphatic carbocycles. The van der Waals surface area contributed by atoms with Gasteiger partial charge in [0.05, 0.1) is 12.4 Å². The van der Waals surface area contributed by atoms with Gasteiger partial charge in [0.1, 0.15) is 11.9 Å². The van der Waals surface area contributed by atoms with Crippen LogP contribution in [0.15, 0.2) is 22.8 Å². The second-order valence-electron chi connectivity index (χ2n) is 4.51. The first kappa shape index (κ1) is 12.6. The van der Waals surface area contributed by atoms with Crippen LogP contribution in [0.5, 0.6) is 0 Å². The number of ether oxygens (including phenoxy) is 2. The third kappa shape index (κ3) is 3.84. The Labute approximate surface area is 102 Å². The summed E-state index contributed by atoms with van der Waals surface area (Å²) in [5.74, 6) is 0.588. The van der Waals surface area contributed by atoms with E-state index in [1.165, 1.54) is 0 Å². The van der Waals surface area contributed by atoms with Crippen molar-refractivity contribution in [1.82, 2.24) is 0 Å². The molecule has 1 aliphatic rings. The molecule has 1 fully saturated rings. The Kier molecular flexibility index (Phi) is 4.59. The van der Waals surface area contributed by atoms with Crippen LogP contribution in [0.3, 0.4) is 0 Å². The number of hydrogen-bond acceptors (Lipinski definition) is 4. The molecule has 1 aromatic heterocycles. The molecule has 2 unspecified atom stereocenters. The highest BCUT2D eigenvalue weighted by atomic mass is 16.7. The van der Waals surface area contributed by atoms with E-state index in [-0.39, 0.29) is 12.4 Å². The lowest BCUT2D eigenvalue weighted by Crippen LogP contribution is -2.27. The monoisotopic (exact) mass is 240 g/mol. The van der Waals surface area contributed by atoms with Crippen LogP contribution in [0.25, 0.3) is 0 Å². The van der Waals surface area contributed by atoms with Crippen molar-refractivity contribution in [2.75, 3.05) is 6.61 Å². The van der Waals surface area contributed by atoms with Crippen LogP contribution in [-0.4, -0.2) is 24.1 Å². The summed E-state index contributed by atoms with van der Waals surface area (Å²) in [7, 11) is 0. The van der Waals surface area contributed by atoms with Gasteiger partial charge in [0.15, 0.2) is 6.29 Å². The molecule has 0 spiro atoms. The third-order valence-corrected chi connectivity index (χ3v) is 2.95. The summed E-state index contributed by atoms with van der Waals surface area (Å²) < 4.78 is 16.4. The number of hydrogen-bond donors (Lipinski definition) is 1. The Hall–Kier alpha value is -0.840. The van der Waals surface area contributed by atoms with E-state index in [9.17, 15) is 5.11 Å². The predicted molar refractivity (Wildman–Crippen MR) is 62.4 cm³/mol. The zero-order chi connectivity index (χ0) is 12.1. The Morgan fingerprint density at radius 3 is 3.06 bits per heavy atom. The molecule has 96 valence electrons. The van der Waals surface area contributed by atoms with Crippen LogP contribution in [0.2, 0.25) is 0 Å². The standard InChI is InChI=1S/C13H20O4/c1-10(17-13-6-2-3-7-16-13)9-11(14)12-5-4-8-15-12/h4-5,8,10-11,13-14H,2-3,6-7,9H2,1H3/t10-,11?,13?/m1/s1. The molecule has 0 bridgehead atoms. The van der Waals surface area contributed by atoms with Crippen molar-refractivity contribution in [1.29, 1.82) is 0 Å². The first-order chi connectivity index (χ1) is 8.25. The highest BCUT2D eigenvalue weighted by Crippen LogP contribution is 2.22. The topological polar surface area (TPSA) is 51.8 Å². The maximum atomic E-state index is 9.89. The summed E-state index contributed by atoms with van der Waals surface area (Å²) in [5.41, 5.74) is 0. The number of rotatable bonds is 5. The molecule has 0 aromatic carbocycles. The van der Waals surface area contributed by atoms with Crippen molar-refractivity contribution >= 4 is 0 Å². The fourth-order valence-electron chi connectivity index (χ4n) is 2.04. The molecule has 1 aromatic rings. The van der Waals surface area contributed by atoms with Crippen molar-refractivity contribution < 1.29 is 19.0 Å². The lowest BCUT2D eigenvalue weighted by atomic mass is 10.1. The molecular formula is C13H20O4. The van der Waals surface area contributed by atoms with Gasteiger partial charge >= 0.3 is 0 Å². The van der Waals surface area contributed by atoms with Gasteiger partial charge in [0, 0.05) is 13.0 Å². The van der Waals surface area contributed by atoms with Crippen LogP contribution in [0.1, 0.15) is 44.5 Å². The van der Waals surface area contributed by atoms with E-state index < -0.39 is 6.10 Å². The second-order valence-corrected chi connectivity index (χ2v) is 4.51. The summed E-state index contributed by atoms with van der Waals surface area (Å²) in [6.45, 7) is 2.72. The summed E-state index contributed by atoms with van der Waals surface area (Å²) >= 11 is 0. The fraction of sp³-hybridized carbons (Fsp3) is 0.692. The van der Waals surface area contributed by atoms with E-state index in [0.717, 1.165) is 25.9 Å². The predicted octanol–water partition coefficient (Wildman–Crippen LogP) is 2.63. The largest absolute Gasteiger partial charge is 0.467 e. The van der Waals surface area contributed by atoms with Crippen LogP contribution in [0, 0.1) is 0 Å². The normalized spacial score (nSPS) is 24.5. The third-order valence-electron chi connectivity index (χ3n) is 2.95. The van der Waals surface area contributed by atoms with Gasteiger partial charge in [0.2, 0.25) is 0 Å². The molecule has 1 N–H and O–H groups in total. The molecule has 1 saturated heterocycles. The van der Waals surface area contributed by atoms with E-state index >= 15 is 0 Å². The van der Waals surface area contributed by atoms with Gasteiger partial charge in [-0.2, -0.15) is 0 Å². The lowest BCUT2D eigenvalue weighted by Gasteiger charge is -2.26. The van der Waals surface area contributed by atoms with E-state index in [2.05, 4.69) is 0 Å². The van der Waals surface area contributed by atoms with Crippen molar-refractivity contribution in [2.45, 2.75) is 51.1 Å². The minimum Gasteiger partial charge on any atom is -0.467 e. The van der Waals surface area contributed by atoms with Crippen LogP contribution in [-0.2, 0) is 9.47 Å². The first-order valence-electron chi connectivity index (χ1n) is 6.24. The smallest absolute Gasteiger partial charge is 0.157 e. The summed E-state index contributed by atoms with van der Waals surface area (Å²) in [6.07, 6.45) is 4.54. The van der Waals surface area contributed by atoms with Crippen molar-refractivity contribution in [3.63, 3.8) is 0 Å². The highest BCUT2D eigenvalue weighted by molar-refractivity contribution is 5.01. The van der Waals surface area contributed by atoms with Gasteiger partial charge in [-0.05, 0) is 38.3 Å². The summed E-state index contributed by atoms with van der Waals surface area (Å²) in [4.78, 5) is 0. The fourth-order valence-corrected chi connectivity index (χ4v) is 2.04. The maximum absolute atomic E-state index is 9.89. The highest BCUT2D eigenvalue weighted by Gasteiger charge is 2.20. The molecule has 0 saturated carbocycles. The van der Waals surface area contributed by atoms with E-state index in [0.29, 0.717) is 12.2 Å². The Bertz CT molecular complexity index is 303. The number of aliphatic hydroxyl groups is 1. The maximum Gasteiger partial charge on any atom is 0.157 e. The van der Waals surface area contributed by atoms with E-state index in [4.69, 9.17) is 13.9 Å². The van der Waals surface area contributed by atoms with E-state index in [1.807, 2.05) is 6.92 Å². The molecule has 2 heterocycles. The lowest BCUT2D eigenvalue weighted by molar-refractivity contribution is -0.189. The SMILES string of the molecule is C[C@H](CC(O)c1ccco1)OC1CCCCO1. The van der Waals surface area contributed by atoms with Gasteiger partial charge in [-0.1, -0.05) is 0 Å². The van der Waals surface area contributed by atoms with Gasteiger partial charge in [-0.25, -0.2) is 0 Å². The Morgan fingerprint density at radius 1 is 1.53 bits per heavy atom. The summed E-state index contributed by atoms with van der Waals surface area (Å²) in [5, 5.41) is 9.89. The van der Waals surface area contributed by atoms with Crippen molar-refractivity contribution in [3.8, 4) is 0 Å². The minimum absolute atomic E-state index is 0.0433. The summed E-state index contributed by atoms with van der Waals surface area (Å²) in [6, 6.07) is 3.54. The number of aliphatic hydroxyl groups excluding tert-OH is 1. The molecular weight excluding hydrogens is 220 g/mol. The number of furan rings is 1. The van der Waals surface area contributed by atoms with Crippen LogP contribution in [0.4, 0.5) is 0 Å². The molecule has 4 heteroatoms. The molecule has 0 radical (unpaired) electrons. The first-order valence-corrected chi connectivity index (χ1v) is 6.24. The van der Waals surface area contributed by atoms with E-state index in [1.54, 1.807) is 18.4 Å². The molecule has 0 amide bonds. The van der Waals surface area contributed by atoms with Crippen LogP contribution < -0.4 is 0 Å². The second kappa shape index (κ2) is 6.19. The van der Waals surface area contributed by atoms with Crippen LogP contribution >= 0.6 is 0 Å². The minimum atomic E-state index is -0.608. The average molecular weight is 240 g/mol.